The second kappa shape index (κ2) is 12.2. The van der Waals surface area contributed by atoms with Gasteiger partial charge in [0.15, 0.2) is 23.9 Å². The molecule has 3 rings (SSSR count). The number of ether oxygens (including phenoxy) is 3. The maximum absolute atomic E-state index is 12.9. The highest BCUT2D eigenvalue weighted by atomic mass is 16.5. The molecule has 0 unspecified atom stereocenters. The van der Waals surface area contributed by atoms with Gasteiger partial charge >= 0.3 is 5.97 Å². The summed E-state index contributed by atoms with van der Waals surface area (Å²) in [5, 5.41) is 5.56. The third-order valence-electron chi connectivity index (χ3n) is 6.06. The van der Waals surface area contributed by atoms with E-state index < -0.39 is 18.4 Å². The van der Waals surface area contributed by atoms with Crippen LogP contribution in [0.1, 0.15) is 60.2 Å². The van der Waals surface area contributed by atoms with Crippen molar-refractivity contribution in [1.29, 1.82) is 0 Å². The van der Waals surface area contributed by atoms with Crippen LogP contribution in [0, 0.1) is 11.8 Å². The highest BCUT2D eigenvalue weighted by Gasteiger charge is 2.26. The number of benzene rings is 2. The van der Waals surface area contributed by atoms with E-state index in [0.717, 1.165) is 25.7 Å². The highest BCUT2D eigenvalue weighted by molar-refractivity contribution is 6.04. The van der Waals surface area contributed by atoms with Gasteiger partial charge in [-0.15, -0.1) is 0 Å². The zero-order valence-electron chi connectivity index (χ0n) is 21.0. The standard InChI is InChI=1S/C27H32N2O7/c1-16(2)25(31)28-19-11-9-17(10-12-19)22(30)15-36-27(33)20-13-23(34-3)24(35-4)14-21(20)29-26(32)18-7-5-6-8-18/h9-14,16,18H,5-8,15H2,1-4H3,(H,28,31)(H,29,32). The molecule has 1 fully saturated rings. The monoisotopic (exact) mass is 496 g/mol. The first-order valence-electron chi connectivity index (χ1n) is 11.9. The normalized spacial score (nSPS) is 13.2. The molecule has 2 aromatic rings. The molecular formula is C27H32N2O7. The molecule has 192 valence electrons. The van der Waals surface area contributed by atoms with Crippen LogP contribution in [0.25, 0.3) is 0 Å². The van der Waals surface area contributed by atoms with E-state index in [1.807, 2.05) is 0 Å². The maximum Gasteiger partial charge on any atom is 0.340 e. The topological polar surface area (TPSA) is 120 Å². The largest absolute Gasteiger partial charge is 0.493 e. The minimum Gasteiger partial charge on any atom is -0.493 e. The van der Waals surface area contributed by atoms with Crippen LogP contribution in [-0.2, 0) is 14.3 Å². The van der Waals surface area contributed by atoms with Gasteiger partial charge in [0.1, 0.15) is 0 Å². The van der Waals surface area contributed by atoms with Crippen LogP contribution in [0.3, 0.4) is 0 Å². The summed E-state index contributed by atoms with van der Waals surface area (Å²) in [6.07, 6.45) is 3.58. The molecule has 0 spiro atoms. The Bertz CT molecular complexity index is 1120. The van der Waals surface area contributed by atoms with Gasteiger partial charge in [-0.05, 0) is 37.1 Å². The number of carbonyl (C=O) groups is 4. The van der Waals surface area contributed by atoms with Crippen molar-refractivity contribution < 1.29 is 33.4 Å². The van der Waals surface area contributed by atoms with E-state index in [1.54, 1.807) is 38.1 Å². The van der Waals surface area contributed by atoms with Gasteiger partial charge in [-0.1, -0.05) is 26.7 Å². The number of rotatable bonds is 10. The van der Waals surface area contributed by atoms with Crippen molar-refractivity contribution in [2.45, 2.75) is 39.5 Å². The molecule has 0 heterocycles. The maximum atomic E-state index is 12.9. The number of hydrogen-bond donors (Lipinski definition) is 2. The van der Waals surface area contributed by atoms with Gasteiger partial charge in [0.25, 0.3) is 0 Å². The van der Waals surface area contributed by atoms with Gasteiger partial charge < -0.3 is 24.8 Å². The van der Waals surface area contributed by atoms with E-state index in [1.165, 1.54) is 26.4 Å². The van der Waals surface area contributed by atoms with Gasteiger partial charge in [-0.3, -0.25) is 14.4 Å². The summed E-state index contributed by atoms with van der Waals surface area (Å²) in [6, 6.07) is 9.25. The van der Waals surface area contributed by atoms with Crippen molar-refractivity contribution in [2.24, 2.45) is 11.8 Å². The minimum absolute atomic E-state index is 0.0542. The molecule has 1 aliphatic carbocycles. The average Bonchev–Trinajstić information content (AvgIpc) is 3.42. The number of ketones is 1. The summed E-state index contributed by atoms with van der Waals surface area (Å²) in [4.78, 5) is 50.1. The number of hydrogen-bond acceptors (Lipinski definition) is 7. The van der Waals surface area contributed by atoms with Gasteiger partial charge in [-0.25, -0.2) is 4.79 Å². The van der Waals surface area contributed by atoms with Crippen molar-refractivity contribution in [3.63, 3.8) is 0 Å². The first kappa shape index (κ1) is 26.7. The number of carbonyl (C=O) groups excluding carboxylic acids is 4. The quantitative estimate of drug-likeness (QED) is 0.368. The molecule has 0 bridgehead atoms. The molecule has 2 aromatic carbocycles. The summed E-state index contributed by atoms with van der Waals surface area (Å²) in [6.45, 7) is 3.07. The molecule has 0 aliphatic heterocycles. The van der Waals surface area contributed by atoms with Gasteiger partial charge in [0.05, 0.1) is 25.5 Å². The van der Waals surface area contributed by atoms with Gasteiger partial charge in [-0.2, -0.15) is 0 Å². The number of anilines is 2. The Morgan fingerprint density at radius 1 is 0.917 bits per heavy atom. The molecule has 2 amide bonds. The first-order chi connectivity index (χ1) is 17.2. The Hall–Kier alpha value is -3.88. The van der Waals surface area contributed by atoms with Crippen molar-refractivity contribution in [2.75, 3.05) is 31.5 Å². The Labute approximate surface area is 210 Å². The molecule has 1 saturated carbocycles. The lowest BCUT2D eigenvalue weighted by atomic mass is 10.1. The van der Waals surface area contributed by atoms with E-state index in [-0.39, 0.29) is 40.7 Å². The van der Waals surface area contributed by atoms with Crippen LogP contribution in [-0.4, -0.2) is 44.4 Å². The van der Waals surface area contributed by atoms with E-state index in [0.29, 0.717) is 17.0 Å². The predicted octanol–water partition coefficient (Wildman–Crippen LogP) is 4.47. The predicted molar refractivity (Wildman–Crippen MR) is 135 cm³/mol. The van der Waals surface area contributed by atoms with Crippen molar-refractivity contribution in [1.82, 2.24) is 0 Å². The molecule has 2 N–H and O–H groups in total. The fourth-order valence-corrected chi connectivity index (χ4v) is 3.89. The lowest BCUT2D eigenvalue weighted by Gasteiger charge is -2.17. The van der Waals surface area contributed by atoms with E-state index >= 15 is 0 Å². The summed E-state index contributed by atoms with van der Waals surface area (Å²) in [5.41, 5.74) is 1.17. The highest BCUT2D eigenvalue weighted by Crippen LogP contribution is 2.35. The average molecular weight is 497 g/mol. The van der Waals surface area contributed by atoms with Crippen LogP contribution >= 0.6 is 0 Å². The van der Waals surface area contributed by atoms with Gasteiger partial charge in [0.2, 0.25) is 11.8 Å². The molecule has 9 nitrogen and oxygen atoms in total. The molecule has 0 aromatic heterocycles. The zero-order valence-corrected chi connectivity index (χ0v) is 21.0. The SMILES string of the molecule is COc1cc(NC(=O)C2CCCC2)c(C(=O)OCC(=O)c2ccc(NC(=O)C(C)C)cc2)cc1OC. The van der Waals surface area contributed by atoms with Crippen LogP contribution < -0.4 is 20.1 Å². The fourth-order valence-electron chi connectivity index (χ4n) is 3.89. The van der Waals surface area contributed by atoms with Crippen LogP contribution in [0.4, 0.5) is 11.4 Å². The minimum atomic E-state index is -0.785. The third-order valence-corrected chi connectivity index (χ3v) is 6.06. The summed E-state index contributed by atoms with van der Waals surface area (Å²) >= 11 is 0. The smallest absolute Gasteiger partial charge is 0.340 e. The molecule has 0 radical (unpaired) electrons. The Balaban J connectivity index is 1.71. The number of nitrogens with one attached hydrogen (secondary N) is 2. The molecule has 36 heavy (non-hydrogen) atoms. The van der Waals surface area contributed by atoms with Crippen molar-refractivity contribution in [3.05, 3.63) is 47.5 Å². The van der Waals surface area contributed by atoms with Crippen LogP contribution in [0.2, 0.25) is 0 Å². The molecule has 9 heteroatoms. The van der Waals surface area contributed by atoms with Crippen molar-refractivity contribution >= 4 is 34.9 Å². The summed E-state index contributed by atoms with van der Waals surface area (Å²) < 4.78 is 15.9. The second-order valence-electron chi connectivity index (χ2n) is 8.94. The molecule has 0 saturated heterocycles. The van der Waals surface area contributed by atoms with Crippen LogP contribution in [0.5, 0.6) is 11.5 Å². The van der Waals surface area contributed by atoms with Crippen molar-refractivity contribution in [3.8, 4) is 11.5 Å². The summed E-state index contributed by atoms with van der Waals surface area (Å²) in [7, 11) is 2.89. The Morgan fingerprint density at radius 3 is 2.11 bits per heavy atom. The van der Waals surface area contributed by atoms with E-state index in [2.05, 4.69) is 10.6 Å². The summed E-state index contributed by atoms with van der Waals surface area (Å²) in [5.74, 6) is -1.16. The number of methoxy groups -OCH3 is 2. The van der Waals surface area contributed by atoms with E-state index in [9.17, 15) is 19.2 Å². The number of amides is 2. The molecular weight excluding hydrogens is 464 g/mol. The third kappa shape index (κ3) is 6.62. The number of esters is 1. The lowest BCUT2D eigenvalue weighted by molar-refractivity contribution is -0.120. The molecule has 1 aliphatic rings. The number of Topliss-reactive ketones (excluding diaryl/α,β-unsaturated/α-hetero) is 1. The Morgan fingerprint density at radius 2 is 1.53 bits per heavy atom. The van der Waals surface area contributed by atoms with E-state index in [4.69, 9.17) is 14.2 Å². The van der Waals surface area contributed by atoms with Gasteiger partial charge in [0, 0.05) is 35.2 Å². The van der Waals surface area contributed by atoms with Crippen LogP contribution in [0.15, 0.2) is 36.4 Å². The second-order valence-corrected chi connectivity index (χ2v) is 8.94. The fraction of sp³-hybridized carbons (Fsp3) is 0.407. The lowest BCUT2D eigenvalue weighted by Crippen LogP contribution is -2.23. The molecule has 0 atom stereocenters. The zero-order chi connectivity index (χ0) is 26.2. The Kier molecular flexibility index (Phi) is 9.05. The first-order valence-corrected chi connectivity index (χ1v) is 11.9.